The van der Waals surface area contributed by atoms with Crippen molar-refractivity contribution in [3.05, 3.63) is 93.3 Å². The molecule has 5 aliphatic heterocycles. The molecule has 0 saturated carbocycles. The second-order valence-electron chi connectivity index (χ2n) is 19.0. The van der Waals surface area contributed by atoms with Crippen LogP contribution in [0.1, 0.15) is 104 Å². The predicted molar refractivity (Wildman–Crippen MR) is 266 cm³/mol. The topological polar surface area (TPSA) is 235 Å². The summed E-state index contributed by atoms with van der Waals surface area (Å²) in [5.74, 6) is 1.94. The summed E-state index contributed by atoms with van der Waals surface area (Å²) in [5, 5.41) is 19.7. The van der Waals surface area contributed by atoms with Crippen LogP contribution in [0.5, 0.6) is 11.5 Å². The molecule has 2 saturated heterocycles. The first-order valence-electron chi connectivity index (χ1n) is 25.1. The van der Waals surface area contributed by atoms with Gasteiger partial charge in [0.2, 0.25) is 17.2 Å². The molecule has 0 aliphatic carbocycles. The van der Waals surface area contributed by atoms with Crippen LogP contribution in [0.15, 0.2) is 54.9 Å². The number of nitrogens with zero attached hydrogens (tertiary/aromatic N) is 7. The van der Waals surface area contributed by atoms with E-state index in [2.05, 4.69) is 79.2 Å². The fourth-order valence-electron chi connectivity index (χ4n) is 10.8. The fourth-order valence-corrected chi connectivity index (χ4v) is 11.7. The number of unbranched alkanes of at least 4 members (excludes halogenated alkanes) is 3. The Bertz CT molecular complexity index is 3040. The number of rotatable bonds is 17. The zero-order valence-electron chi connectivity index (χ0n) is 40.6. The van der Waals surface area contributed by atoms with Gasteiger partial charge < -0.3 is 54.7 Å². The summed E-state index contributed by atoms with van der Waals surface area (Å²) in [6, 6.07) is 16.9. The number of fused-ring (bicyclic) bond motifs is 6. The lowest BCUT2D eigenvalue weighted by molar-refractivity contribution is -0.245. The maximum atomic E-state index is 14.5. The number of phosphoric ester groups is 1. The van der Waals surface area contributed by atoms with E-state index in [-0.39, 0.29) is 24.2 Å². The van der Waals surface area contributed by atoms with Gasteiger partial charge in [0, 0.05) is 91.8 Å². The molecular weight excluding hydrogens is 928 g/mol. The standard InChI is InChI=1S/C51H63N10O9P/c1-4-59-23-12-15-31-25-35-39(27-37(31)59)68-40-28-38-32(16-13-24-60(38)5-2)26-36(40)43(35)33-17-8-9-18-34(33)49(64)58(3)22-14-19-42(62)53-20-10-6-7-11-21-54-51-57-44-47(52)55-30-56-48(44)61(51)50-45(63)46-41(69-50)29-67-71(65,66)70-46/h8-9,17-18,25-28,30,41,45-46,50,52,63H,4-7,10-16,19-24,29H2,1-3H3,(H3,53,62,64,65,66)/t41-,45-,46-,50-/m1/s1. The van der Waals surface area contributed by atoms with Crippen LogP contribution >= 0.6 is 7.82 Å². The lowest BCUT2D eigenvalue weighted by atomic mass is 9.86. The van der Waals surface area contributed by atoms with Crippen LogP contribution in [0.2, 0.25) is 0 Å². The van der Waals surface area contributed by atoms with Gasteiger partial charge >= 0.3 is 0 Å². The first kappa shape index (κ1) is 48.7. The molecule has 2 fully saturated rings. The number of aromatic nitrogens is 4. The molecule has 2 aromatic heterocycles. The lowest BCUT2D eigenvalue weighted by Gasteiger charge is -2.34. The Morgan fingerprint density at radius 1 is 1.00 bits per heavy atom. The SMILES string of the molecule is CCN1CCCc2cc3c(cc21)Oc1cc2c(cc1=C3c1ccccc1C(=O)N(C)CCCC(=O)NCCCCCCNc1nc3c(N)ncnc3n1[C@@H]1O[C@@H]3COP(=O)([O-])O[C@H]3[C@H]1O)CCC[N+]=2CC. The van der Waals surface area contributed by atoms with E-state index < -0.39 is 32.4 Å². The number of benzene rings is 3. The maximum absolute atomic E-state index is 14.5. The number of anilines is 3. The number of hydrogen-bond acceptors (Lipinski definition) is 15. The number of carbonyl (C=O) groups is 2. The van der Waals surface area contributed by atoms with Crippen LogP contribution in [0, 0.1) is 0 Å². The first-order valence-corrected chi connectivity index (χ1v) is 26.6. The molecule has 0 bridgehead atoms. The van der Waals surface area contributed by atoms with Gasteiger partial charge in [-0.25, -0.2) is 19.5 Å². The molecule has 5 aliphatic rings. The predicted octanol–water partition coefficient (Wildman–Crippen LogP) is 3.77. The van der Waals surface area contributed by atoms with Gasteiger partial charge in [-0.2, -0.15) is 0 Å². The van der Waals surface area contributed by atoms with Gasteiger partial charge in [-0.3, -0.25) is 18.7 Å². The van der Waals surface area contributed by atoms with Gasteiger partial charge in [-0.15, -0.1) is 0 Å². The number of phosphoric acid groups is 1. The van der Waals surface area contributed by atoms with Crippen LogP contribution in [0.3, 0.4) is 0 Å². The van der Waals surface area contributed by atoms with Crippen molar-refractivity contribution in [2.75, 3.05) is 75.4 Å². The van der Waals surface area contributed by atoms with Gasteiger partial charge in [-0.05, 0) is 81.7 Å². The monoisotopic (exact) mass is 990 g/mol. The Balaban J connectivity index is 0.735. The van der Waals surface area contributed by atoms with E-state index in [1.807, 2.05) is 25.2 Å². The molecule has 0 spiro atoms. The van der Waals surface area contributed by atoms with Crippen molar-refractivity contribution in [2.24, 2.45) is 0 Å². The summed E-state index contributed by atoms with van der Waals surface area (Å²) < 4.78 is 38.6. The van der Waals surface area contributed by atoms with Gasteiger partial charge in [-0.1, -0.05) is 31.0 Å². The number of nitrogens with one attached hydrogen (secondary N) is 2. The zero-order chi connectivity index (χ0) is 49.4. The minimum absolute atomic E-state index is 0.0544. The van der Waals surface area contributed by atoms with E-state index in [9.17, 15) is 24.2 Å². The molecule has 19 nitrogen and oxygen atoms in total. The van der Waals surface area contributed by atoms with Crippen molar-refractivity contribution in [2.45, 2.75) is 103 Å². The number of nitrogen functional groups attached to an aromatic ring is 1. The Morgan fingerprint density at radius 2 is 1.82 bits per heavy atom. The fraction of sp³-hybridized carbons (Fsp3) is 0.490. The Kier molecular flexibility index (Phi) is 14.2. The molecular formula is C51H63N10O9P. The number of aliphatic hydroxyl groups is 1. The first-order chi connectivity index (χ1) is 34.4. The molecule has 5 aromatic rings. The lowest BCUT2D eigenvalue weighted by Crippen LogP contribution is -2.41. The molecule has 376 valence electrons. The number of hydrogen-bond donors (Lipinski definition) is 4. The molecule has 1 unspecified atom stereocenters. The van der Waals surface area contributed by atoms with Crippen LogP contribution in [-0.2, 0) is 36.0 Å². The van der Waals surface area contributed by atoms with E-state index in [4.69, 9.17) is 24.3 Å². The van der Waals surface area contributed by atoms with Crippen molar-refractivity contribution in [3.63, 3.8) is 0 Å². The molecule has 5 atom stereocenters. The number of aliphatic hydroxyl groups excluding tert-OH is 1. The second kappa shape index (κ2) is 20.6. The smallest absolute Gasteiger partial charge is 0.268 e. The summed E-state index contributed by atoms with van der Waals surface area (Å²) in [4.78, 5) is 56.5. The molecule has 2 amide bonds. The third kappa shape index (κ3) is 9.75. The Morgan fingerprint density at radius 3 is 2.65 bits per heavy atom. The van der Waals surface area contributed by atoms with E-state index in [1.165, 1.54) is 33.1 Å². The summed E-state index contributed by atoms with van der Waals surface area (Å²) in [7, 11) is -2.76. The van der Waals surface area contributed by atoms with Crippen molar-refractivity contribution in [3.8, 4) is 11.5 Å². The average molecular weight is 991 g/mol. The number of carbonyl (C=O) groups excluding carboxylic acids is 2. The highest BCUT2D eigenvalue weighted by atomic mass is 31.2. The average Bonchev–Trinajstić information content (AvgIpc) is 3.90. The van der Waals surface area contributed by atoms with Gasteiger partial charge in [0.15, 0.2) is 23.2 Å². The number of ether oxygens (including phenoxy) is 2. The number of nitrogens with two attached hydrogens (primary N) is 1. The summed E-state index contributed by atoms with van der Waals surface area (Å²) >= 11 is 0. The van der Waals surface area contributed by atoms with Gasteiger partial charge in [0.05, 0.1) is 12.7 Å². The van der Waals surface area contributed by atoms with Crippen LogP contribution in [0.4, 0.5) is 17.5 Å². The minimum Gasteiger partial charge on any atom is -0.756 e. The largest absolute Gasteiger partial charge is 0.756 e. The van der Waals surface area contributed by atoms with Crippen LogP contribution in [-0.4, -0.2) is 119 Å². The molecule has 10 rings (SSSR count). The highest BCUT2D eigenvalue weighted by Gasteiger charge is 2.51. The molecule has 71 heavy (non-hydrogen) atoms. The third-order valence-corrected chi connectivity index (χ3v) is 15.4. The van der Waals surface area contributed by atoms with E-state index in [0.717, 1.165) is 111 Å². The highest BCUT2D eigenvalue weighted by molar-refractivity contribution is 7.45. The molecule has 20 heteroatoms. The van der Waals surface area contributed by atoms with Crippen LogP contribution < -0.4 is 46.0 Å². The summed E-state index contributed by atoms with van der Waals surface area (Å²) in [6.07, 6.45) is 5.11. The normalized spacial score (nSPS) is 22.2. The van der Waals surface area contributed by atoms with Crippen LogP contribution in [0.25, 0.3) is 16.7 Å². The van der Waals surface area contributed by atoms with Gasteiger partial charge in [0.1, 0.15) is 49.2 Å². The zero-order valence-corrected chi connectivity index (χ0v) is 41.5. The van der Waals surface area contributed by atoms with Gasteiger partial charge in [0.25, 0.3) is 13.7 Å². The van der Waals surface area contributed by atoms with Crippen molar-refractivity contribution in [1.82, 2.24) is 34.3 Å². The minimum atomic E-state index is -4.57. The third-order valence-electron chi connectivity index (χ3n) is 14.4. The molecule has 0 radical (unpaired) electrons. The quantitative estimate of drug-likeness (QED) is 0.0579. The summed E-state index contributed by atoms with van der Waals surface area (Å²) in [5.41, 5.74) is 14.1. The van der Waals surface area contributed by atoms with Crippen molar-refractivity contribution >= 4 is 53.8 Å². The Hall–Kier alpha value is -5.95. The molecule has 7 heterocycles. The maximum Gasteiger partial charge on any atom is 0.268 e. The second-order valence-corrected chi connectivity index (χ2v) is 20.3. The molecule has 5 N–H and O–H groups in total. The Labute approximate surface area is 412 Å². The van der Waals surface area contributed by atoms with E-state index in [0.29, 0.717) is 55.2 Å². The molecule has 3 aromatic carbocycles. The summed E-state index contributed by atoms with van der Waals surface area (Å²) in [6.45, 7) is 9.46. The highest BCUT2D eigenvalue weighted by Crippen LogP contribution is 2.50. The van der Waals surface area contributed by atoms with Crippen molar-refractivity contribution < 1.29 is 42.7 Å². The van der Waals surface area contributed by atoms with E-state index >= 15 is 0 Å². The number of aryl methyl sites for hydroxylation is 2. The van der Waals surface area contributed by atoms with E-state index in [1.54, 1.807) is 4.90 Å². The number of amides is 2. The number of imidazole rings is 1. The van der Waals surface area contributed by atoms with Crippen molar-refractivity contribution in [1.29, 1.82) is 0 Å².